The van der Waals surface area contributed by atoms with E-state index >= 15 is 0 Å². The van der Waals surface area contributed by atoms with E-state index in [-0.39, 0.29) is 18.2 Å². The first kappa shape index (κ1) is 14.6. The zero-order valence-electron chi connectivity index (χ0n) is 13.3. The third-order valence-electron chi connectivity index (χ3n) is 5.15. The summed E-state index contributed by atoms with van der Waals surface area (Å²) in [5, 5.41) is 18.1. The van der Waals surface area contributed by atoms with E-state index in [1.54, 1.807) is 6.20 Å². The second-order valence-corrected chi connectivity index (χ2v) is 6.66. The van der Waals surface area contributed by atoms with Crippen molar-refractivity contribution in [1.29, 1.82) is 0 Å². The molecule has 0 bridgehead atoms. The van der Waals surface area contributed by atoms with Crippen molar-refractivity contribution in [2.24, 2.45) is 0 Å². The van der Waals surface area contributed by atoms with Gasteiger partial charge in [-0.15, -0.1) is 0 Å². The molecule has 5 heterocycles. The number of ether oxygens (including phenoxy) is 2. The van der Waals surface area contributed by atoms with Gasteiger partial charge in [-0.05, 0) is 19.0 Å². The molecule has 3 aliphatic heterocycles. The Balaban J connectivity index is 1.48. The Kier molecular flexibility index (Phi) is 3.44. The van der Waals surface area contributed by atoms with Gasteiger partial charge in [-0.3, -0.25) is 4.68 Å². The van der Waals surface area contributed by atoms with E-state index in [0.29, 0.717) is 13.2 Å². The van der Waals surface area contributed by atoms with Crippen molar-refractivity contribution in [3.05, 3.63) is 24.2 Å². The van der Waals surface area contributed by atoms with Crippen molar-refractivity contribution < 1.29 is 14.6 Å². The first-order valence-corrected chi connectivity index (χ1v) is 8.53. The summed E-state index contributed by atoms with van der Waals surface area (Å²) < 4.78 is 15.7. The Morgan fingerprint density at radius 3 is 3.12 bits per heavy atom. The third-order valence-corrected chi connectivity index (χ3v) is 5.15. The number of nitrogens with one attached hydrogen (secondary N) is 1. The van der Waals surface area contributed by atoms with Crippen molar-refractivity contribution in [2.75, 3.05) is 19.8 Å². The number of aliphatic hydroxyl groups is 1. The molecule has 2 fully saturated rings. The summed E-state index contributed by atoms with van der Waals surface area (Å²) in [6.07, 6.45) is 3.90. The lowest BCUT2D eigenvalue weighted by molar-refractivity contribution is 0.0172. The minimum atomic E-state index is -0.540. The van der Waals surface area contributed by atoms with Crippen LogP contribution in [0.4, 0.5) is 0 Å². The lowest BCUT2D eigenvalue weighted by atomic mass is 10.1. The molecule has 2 aromatic rings. The Bertz CT molecular complexity index is 718. The van der Waals surface area contributed by atoms with Gasteiger partial charge in [0.1, 0.15) is 24.0 Å². The summed E-state index contributed by atoms with van der Waals surface area (Å²) in [6, 6.07) is 2.12. The van der Waals surface area contributed by atoms with E-state index in [9.17, 15) is 5.11 Å². The average Bonchev–Trinajstić information content (AvgIpc) is 3.32. The van der Waals surface area contributed by atoms with Crippen molar-refractivity contribution >= 4 is 0 Å². The molecule has 2 N–H and O–H groups in total. The molecular weight excluding hydrogens is 310 g/mol. The van der Waals surface area contributed by atoms with Crippen LogP contribution in [0, 0.1) is 0 Å². The quantitative estimate of drug-likeness (QED) is 0.802. The normalized spacial score (nSPS) is 32.5. The van der Waals surface area contributed by atoms with Crippen LogP contribution in [0.2, 0.25) is 0 Å². The molecule has 128 valence electrons. The highest BCUT2D eigenvalue weighted by Gasteiger charge is 2.48. The maximum absolute atomic E-state index is 9.94. The van der Waals surface area contributed by atoms with Gasteiger partial charge in [-0.1, -0.05) is 0 Å². The molecule has 0 saturated carbocycles. The number of imidazole rings is 1. The molecule has 0 unspecified atom stereocenters. The molecule has 24 heavy (non-hydrogen) atoms. The molecular formula is C16H21N5O3. The molecule has 5 rings (SSSR count). The highest BCUT2D eigenvalue weighted by atomic mass is 16.6. The Hall–Kier alpha value is -1.74. The van der Waals surface area contributed by atoms with Gasteiger partial charge in [0.2, 0.25) is 0 Å². The lowest BCUT2D eigenvalue weighted by Gasteiger charge is -2.19. The van der Waals surface area contributed by atoms with Crippen LogP contribution in [0.15, 0.2) is 18.5 Å². The summed E-state index contributed by atoms with van der Waals surface area (Å²) in [6.45, 7) is 3.64. The Morgan fingerprint density at radius 2 is 2.17 bits per heavy atom. The highest BCUT2D eigenvalue weighted by molar-refractivity contribution is 5.51. The smallest absolute Gasteiger partial charge is 0.160 e. The predicted octanol–water partition coefficient (Wildman–Crippen LogP) is -0.0605. The SMILES string of the molecule is O[C@@H]1CO[C@H]2[C@@H]1OC[C@@H]2n1ccnc1-c1cc2n(n1)CCCNC2. The van der Waals surface area contributed by atoms with E-state index < -0.39 is 6.10 Å². The number of aryl methyl sites for hydroxylation is 1. The summed E-state index contributed by atoms with van der Waals surface area (Å²) in [7, 11) is 0. The average molecular weight is 331 g/mol. The van der Waals surface area contributed by atoms with Crippen LogP contribution in [0.1, 0.15) is 18.2 Å². The number of fused-ring (bicyclic) bond motifs is 2. The van der Waals surface area contributed by atoms with Gasteiger partial charge in [0.05, 0.1) is 24.9 Å². The van der Waals surface area contributed by atoms with Gasteiger partial charge >= 0.3 is 0 Å². The fourth-order valence-corrected chi connectivity index (χ4v) is 3.95. The van der Waals surface area contributed by atoms with Crippen molar-refractivity contribution in [2.45, 2.75) is 43.9 Å². The van der Waals surface area contributed by atoms with Crippen molar-refractivity contribution in [3.63, 3.8) is 0 Å². The first-order valence-electron chi connectivity index (χ1n) is 8.53. The molecule has 2 saturated heterocycles. The van der Waals surface area contributed by atoms with E-state index in [1.165, 1.54) is 5.69 Å². The topological polar surface area (TPSA) is 86.4 Å². The number of aliphatic hydroxyl groups excluding tert-OH is 1. The summed E-state index contributed by atoms with van der Waals surface area (Å²) >= 11 is 0. The molecule has 0 spiro atoms. The number of hydrogen-bond acceptors (Lipinski definition) is 6. The van der Waals surface area contributed by atoms with E-state index in [1.807, 2.05) is 6.20 Å². The van der Waals surface area contributed by atoms with E-state index in [0.717, 1.165) is 37.6 Å². The summed E-state index contributed by atoms with van der Waals surface area (Å²) in [4.78, 5) is 4.52. The fraction of sp³-hybridized carbons (Fsp3) is 0.625. The van der Waals surface area contributed by atoms with Gasteiger partial charge in [-0.2, -0.15) is 5.10 Å². The van der Waals surface area contributed by atoms with Crippen LogP contribution >= 0.6 is 0 Å². The largest absolute Gasteiger partial charge is 0.388 e. The second kappa shape index (κ2) is 5.66. The van der Waals surface area contributed by atoms with Crippen molar-refractivity contribution in [3.8, 4) is 11.5 Å². The van der Waals surface area contributed by atoms with Gasteiger partial charge in [0.25, 0.3) is 0 Å². The molecule has 8 nitrogen and oxygen atoms in total. The molecule has 0 aromatic carbocycles. The summed E-state index contributed by atoms with van der Waals surface area (Å²) in [5.74, 6) is 0.829. The monoisotopic (exact) mass is 331 g/mol. The van der Waals surface area contributed by atoms with Crippen LogP contribution in [-0.4, -0.2) is 62.5 Å². The summed E-state index contributed by atoms with van der Waals surface area (Å²) in [5.41, 5.74) is 2.06. The van der Waals surface area contributed by atoms with Gasteiger partial charge in [0, 0.05) is 25.5 Å². The van der Waals surface area contributed by atoms with Gasteiger partial charge in [-0.25, -0.2) is 4.98 Å². The third kappa shape index (κ3) is 2.21. The predicted molar refractivity (Wildman–Crippen MR) is 84.3 cm³/mol. The number of rotatable bonds is 2. The van der Waals surface area contributed by atoms with Gasteiger partial charge < -0.3 is 24.5 Å². The van der Waals surface area contributed by atoms with Crippen LogP contribution < -0.4 is 5.32 Å². The minimum Gasteiger partial charge on any atom is -0.388 e. The van der Waals surface area contributed by atoms with Crippen LogP contribution in [0.3, 0.4) is 0 Å². The molecule has 8 heteroatoms. The zero-order chi connectivity index (χ0) is 16.1. The van der Waals surface area contributed by atoms with E-state index in [4.69, 9.17) is 14.6 Å². The molecule has 3 aliphatic rings. The number of aromatic nitrogens is 4. The minimum absolute atomic E-state index is 0.0179. The second-order valence-electron chi connectivity index (χ2n) is 6.66. The van der Waals surface area contributed by atoms with Crippen LogP contribution in [0.25, 0.3) is 11.5 Å². The zero-order valence-corrected chi connectivity index (χ0v) is 13.3. The highest BCUT2D eigenvalue weighted by Crippen LogP contribution is 2.36. The molecule has 4 atom stereocenters. The maximum atomic E-state index is 9.94. The molecule has 0 radical (unpaired) electrons. The standard InChI is InChI=1S/C16H21N5O3/c22-13-9-24-14-12(8-23-15(13)14)20-5-3-18-16(20)11-6-10-7-17-2-1-4-21(10)19-11/h3,5-6,12-15,17,22H,1-2,4,7-9H2/t12-,13+,14+,15+/m0/s1. The molecule has 2 aromatic heterocycles. The Morgan fingerprint density at radius 1 is 1.25 bits per heavy atom. The van der Waals surface area contributed by atoms with Crippen molar-refractivity contribution in [1.82, 2.24) is 24.6 Å². The van der Waals surface area contributed by atoms with Gasteiger partial charge in [0.15, 0.2) is 5.82 Å². The Labute approximate surface area is 139 Å². The molecule has 0 amide bonds. The van der Waals surface area contributed by atoms with Crippen LogP contribution in [-0.2, 0) is 22.6 Å². The first-order chi connectivity index (χ1) is 11.8. The molecule has 0 aliphatic carbocycles. The van der Waals surface area contributed by atoms with E-state index in [2.05, 4.69) is 25.6 Å². The van der Waals surface area contributed by atoms with Crippen LogP contribution in [0.5, 0.6) is 0 Å². The lowest BCUT2D eigenvalue weighted by Crippen LogP contribution is -2.30. The number of nitrogens with zero attached hydrogens (tertiary/aromatic N) is 4. The fourth-order valence-electron chi connectivity index (χ4n) is 3.95. The maximum Gasteiger partial charge on any atom is 0.160 e. The number of hydrogen-bond donors (Lipinski definition) is 2.